The molecule has 0 unspecified atom stereocenters. The Hall–Kier alpha value is -0.810. The molecule has 2 saturated carbocycles. The van der Waals surface area contributed by atoms with Gasteiger partial charge >= 0.3 is 5.97 Å². The quantitative estimate of drug-likeness (QED) is 0.621. The molecule has 1 aliphatic heterocycles. The van der Waals surface area contributed by atoms with Crippen LogP contribution in [0.15, 0.2) is 16.5 Å². The van der Waals surface area contributed by atoms with Crippen LogP contribution in [0.1, 0.15) is 64.2 Å². The van der Waals surface area contributed by atoms with Crippen LogP contribution in [0.3, 0.4) is 0 Å². The minimum absolute atomic E-state index is 0.0307. The van der Waals surface area contributed by atoms with Crippen molar-refractivity contribution in [3.63, 3.8) is 0 Å². The van der Waals surface area contributed by atoms with Gasteiger partial charge in [-0.15, -0.1) is 0 Å². The molecule has 1 N–H and O–H groups in total. The van der Waals surface area contributed by atoms with E-state index >= 15 is 0 Å². The average Bonchev–Trinajstić information content (AvgIpc) is 2.81. The summed E-state index contributed by atoms with van der Waals surface area (Å²) in [5, 5.41) is 6.98. The fourth-order valence-corrected chi connectivity index (χ4v) is 5.07. The third-order valence-corrected chi connectivity index (χ3v) is 6.15. The predicted octanol–water partition coefficient (Wildman–Crippen LogP) is 3.77. The highest BCUT2D eigenvalue weighted by Crippen LogP contribution is 2.44. The highest BCUT2D eigenvalue weighted by molar-refractivity contribution is 8.16. The van der Waals surface area contributed by atoms with Crippen LogP contribution in [0.2, 0.25) is 0 Å². The number of nitrogens with one attached hydrogen (secondary N) is 1. The number of carbonyl (C=O) groups excluding carboxylic acids is 1. The molecular weight excluding hydrogens is 296 g/mol. The van der Waals surface area contributed by atoms with Crippen molar-refractivity contribution in [3.05, 3.63) is 11.5 Å². The summed E-state index contributed by atoms with van der Waals surface area (Å²) in [5.41, 5.74) is 0.0255. The van der Waals surface area contributed by atoms with E-state index in [-0.39, 0.29) is 17.2 Å². The molecule has 0 aromatic rings. The molecule has 3 aliphatic rings. The van der Waals surface area contributed by atoms with Crippen LogP contribution in [0.4, 0.5) is 0 Å². The van der Waals surface area contributed by atoms with E-state index in [2.05, 4.69) is 10.1 Å². The van der Waals surface area contributed by atoms with Crippen LogP contribution in [0.25, 0.3) is 0 Å². The third kappa shape index (κ3) is 3.25. The standard InChI is InChI=1S/C17H26N2O2S/c1-21-14(20)8-13-22-15-16(9-4-2-5-10-16)19-17(18-15)11-6-3-7-12-17/h8,13,19H,2-7,9-12H2,1H3. The van der Waals surface area contributed by atoms with Gasteiger partial charge in [-0.2, -0.15) is 0 Å². The first-order valence-electron chi connectivity index (χ1n) is 8.49. The number of hydrogen-bond donors (Lipinski definition) is 1. The second-order valence-corrected chi connectivity index (χ2v) is 7.62. The number of nitrogens with zero attached hydrogens (tertiary/aromatic N) is 1. The van der Waals surface area contributed by atoms with Gasteiger partial charge in [0.25, 0.3) is 0 Å². The molecule has 0 saturated heterocycles. The van der Waals surface area contributed by atoms with E-state index in [1.807, 2.05) is 5.41 Å². The van der Waals surface area contributed by atoms with Crippen molar-refractivity contribution >= 4 is 22.8 Å². The summed E-state index contributed by atoms with van der Waals surface area (Å²) in [5.74, 6) is -0.302. The molecule has 2 fully saturated rings. The molecule has 2 aliphatic carbocycles. The van der Waals surface area contributed by atoms with E-state index in [0.29, 0.717) is 0 Å². The summed E-state index contributed by atoms with van der Waals surface area (Å²) in [4.78, 5) is 16.4. The van der Waals surface area contributed by atoms with Gasteiger partial charge < -0.3 is 4.74 Å². The van der Waals surface area contributed by atoms with Gasteiger partial charge in [-0.1, -0.05) is 37.4 Å². The fourth-order valence-electron chi connectivity index (χ4n) is 4.06. The summed E-state index contributed by atoms with van der Waals surface area (Å²) in [6, 6.07) is 0. The summed E-state index contributed by atoms with van der Waals surface area (Å²) in [6.07, 6.45) is 13.9. The molecule has 2 spiro atoms. The van der Waals surface area contributed by atoms with Gasteiger partial charge in [-0.05, 0) is 43.9 Å². The normalized spacial score (nSPS) is 26.5. The van der Waals surface area contributed by atoms with Gasteiger partial charge in [0.1, 0.15) is 5.66 Å². The molecule has 1 heterocycles. The molecule has 22 heavy (non-hydrogen) atoms. The lowest BCUT2D eigenvalue weighted by Gasteiger charge is -2.40. The highest BCUT2D eigenvalue weighted by atomic mass is 32.2. The second-order valence-electron chi connectivity index (χ2n) is 6.72. The van der Waals surface area contributed by atoms with Crippen molar-refractivity contribution < 1.29 is 9.53 Å². The van der Waals surface area contributed by atoms with Crippen molar-refractivity contribution in [3.8, 4) is 0 Å². The summed E-state index contributed by atoms with van der Waals surface area (Å²) < 4.78 is 4.67. The van der Waals surface area contributed by atoms with Gasteiger partial charge in [0.05, 0.1) is 17.7 Å². The maximum atomic E-state index is 11.3. The predicted molar refractivity (Wildman–Crippen MR) is 90.9 cm³/mol. The van der Waals surface area contributed by atoms with Gasteiger partial charge in [0.2, 0.25) is 0 Å². The Morgan fingerprint density at radius 1 is 1.14 bits per heavy atom. The number of esters is 1. The zero-order chi connectivity index (χ0) is 15.5. The molecule has 5 heteroatoms. The minimum Gasteiger partial charge on any atom is -0.466 e. The molecule has 3 rings (SSSR count). The minimum atomic E-state index is -0.302. The average molecular weight is 322 g/mol. The van der Waals surface area contributed by atoms with Gasteiger partial charge in [-0.3, -0.25) is 10.3 Å². The van der Waals surface area contributed by atoms with Crippen molar-refractivity contribution in [2.75, 3.05) is 7.11 Å². The van der Waals surface area contributed by atoms with Crippen LogP contribution in [0.5, 0.6) is 0 Å². The van der Waals surface area contributed by atoms with Crippen LogP contribution in [-0.2, 0) is 9.53 Å². The summed E-state index contributed by atoms with van der Waals surface area (Å²) in [7, 11) is 1.41. The molecule has 0 radical (unpaired) electrons. The van der Waals surface area contributed by atoms with Crippen LogP contribution in [-0.4, -0.2) is 29.3 Å². The van der Waals surface area contributed by atoms with Crippen molar-refractivity contribution in [1.29, 1.82) is 0 Å². The van der Waals surface area contributed by atoms with E-state index in [9.17, 15) is 4.79 Å². The van der Waals surface area contributed by atoms with E-state index in [0.717, 1.165) is 12.8 Å². The second kappa shape index (κ2) is 6.75. The number of carbonyl (C=O) groups is 1. The largest absolute Gasteiger partial charge is 0.466 e. The van der Waals surface area contributed by atoms with Crippen LogP contribution >= 0.6 is 11.8 Å². The zero-order valence-electron chi connectivity index (χ0n) is 13.4. The lowest BCUT2D eigenvalue weighted by molar-refractivity contribution is -0.134. The van der Waals surface area contributed by atoms with Crippen molar-refractivity contribution in [2.24, 2.45) is 4.99 Å². The number of thioether (sulfide) groups is 1. The molecule has 0 aromatic carbocycles. The lowest BCUT2D eigenvalue weighted by atomic mass is 9.81. The van der Waals surface area contributed by atoms with Gasteiger partial charge in [0, 0.05) is 6.08 Å². The monoisotopic (exact) mass is 322 g/mol. The Kier molecular flexibility index (Phi) is 4.93. The Morgan fingerprint density at radius 3 is 2.41 bits per heavy atom. The lowest BCUT2D eigenvalue weighted by Crippen LogP contribution is -2.55. The van der Waals surface area contributed by atoms with E-state index < -0.39 is 0 Å². The number of hydrogen-bond acceptors (Lipinski definition) is 5. The van der Waals surface area contributed by atoms with E-state index in [4.69, 9.17) is 4.99 Å². The SMILES string of the molecule is COC(=O)C=CSC1=NC2(CCCCC2)NC12CCCCC2. The Bertz CT molecular complexity index is 475. The zero-order valence-corrected chi connectivity index (χ0v) is 14.2. The molecular formula is C17H26N2O2S. The molecule has 4 nitrogen and oxygen atoms in total. The number of aliphatic imine (C=N–C) groups is 1. The Labute approximate surface area is 137 Å². The topological polar surface area (TPSA) is 50.7 Å². The number of methoxy groups -OCH3 is 1. The first-order valence-corrected chi connectivity index (χ1v) is 9.37. The Morgan fingerprint density at radius 2 is 1.77 bits per heavy atom. The van der Waals surface area contributed by atoms with Gasteiger partial charge in [0.15, 0.2) is 0 Å². The summed E-state index contributed by atoms with van der Waals surface area (Å²) in [6.45, 7) is 0. The van der Waals surface area contributed by atoms with Crippen LogP contribution < -0.4 is 5.32 Å². The number of rotatable bonds is 2. The number of ether oxygens (including phenoxy) is 1. The van der Waals surface area contributed by atoms with Crippen molar-refractivity contribution in [2.45, 2.75) is 75.4 Å². The highest BCUT2D eigenvalue weighted by Gasteiger charge is 2.50. The maximum absolute atomic E-state index is 11.3. The molecule has 122 valence electrons. The Balaban J connectivity index is 1.78. The van der Waals surface area contributed by atoms with Gasteiger partial charge in [-0.25, -0.2) is 4.79 Å². The van der Waals surface area contributed by atoms with E-state index in [1.54, 1.807) is 11.8 Å². The molecule has 0 amide bonds. The van der Waals surface area contributed by atoms with Crippen molar-refractivity contribution in [1.82, 2.24) is 5.32 Å². The van der Waals surface area contributed by atoms with Crippen LogP contribution in [0, 0.1) is 0 Å². The van der Waals surface area contributed by atoms with E-state index in [1.165, 1.54) is 69.6 Å². The molecule has 0 atom stereocenters. The first kappa shape index (κ1) is 16.1. The first-order chi connectivity index (χ1) is 10.7. The summed E-state index contributed by atoms with van der Waals surface area (Å²) >= 11 is 1.61. The smallest absolute Gasteiger partial charge is 0.330 e. The molecule has 0 bridgehead atoms. The fraction of sp³-hybridized carbons (Fsp3) is 0.765. The maximum Gasteiger partial charge on any atom is 0.330 e. The molecule has 0 aromatic heterocycles. The third-order valence-electron chi connectivity index (χ3n) is 5.17.